The van der Waals surface area contributed by atoms with Gasteiger partial charge in [0.05, 0.1) is 10.6 Å². The molecular weight excluding hydrogens is 366 g/mol. The fourth-order valence-corrected chi connectivity index (χ4v) is 4.54. The zero-order valence-corrected chi connectivity index (χ0v) is 15.8. The number of thiophene rings is 1. The van der Waals surface area contributed by atoms with Crippen molar-refractivity contribution in [1.29, 1.82) is 0 Å². The Bertz CT molecular complexity index is 977. The summed E-state index contributed by atoms with van der Waals surface area (Å²) in [4.78, 5) is 30.2. The summed E-state index contributed by atoms with van der Waals surface area (Å²) < 4.78 is 0. The first-order valence-electron chi connectivity index (χ1n) is 8.35. The van der Waals surface area contributed by atoms with Crippen LogP contribution in [0.1, 0.15) is 42.6 Å². The van der Waals surface area contributed by atoms with Gasteiger partial charge in [-0.05, 0) is 60.9 Å². The molecule has 2 amide bonds. The van der Waals surface area contributed by atoms with Crippen LogP contribution in [0.2, 0.25) is 0 Å². The number of carbonyl (C=O) groups excluding carboxylic acids is 2. The first kappa shape index (κ1) is 16.9. The minimum Gasteiger partial charge on any atom is -0.321 e. The first-order valence-corrected chi connectivity index (χ1v) is 10.1. The Morgan fingerprint density at radius 1 is 1.08 bits per heavy atom. The maximum atomic E-state index is 12.6. The number of hydrogen-bond acceptors (Lipinski definition) is 5. The van der Waals surface area contributed by atoms with E-state index >= 15 is 0 Å². The molecule has 0 aliphatic heterocycles. The minimum atomic E-state index is -0.209. The lowest BCUT2D eigenvalue weighted by Gasteiger charge is -2.06. The van der Waals surface area contributed by atoms with Gasteiger partial charge >= 0.3 is 0 Å². The number of hydrogen-bond donors (Lipinski definition) is 2. The summed E-state index contributed by atoms with van der Waals surface area (Å²) in [5.74, 6) is -0.408. The summed E-state index contributed by atoms with van der Waals surface area (Å²) in [7, 11) is 0. The second kappa shape index (κ2) is 7.01. The minimum absolute atomic E-state index is 0.199. The highest BCUT2D eigenvalue weighted by Gasteiger charge is 2.18. The van der Waals surface area contributed by atoms with Gasteiger partial charge in [0.1, 0.15) is 4.88 Å². The van der Waals surface area contributed by atoms with E-state index in [1.54, 1.807) is 13.0 Å². The van der Waals surface area contributed by atoms with Crippen LogP contribution in [0.15, 0.2) is 35.7 Å². The number of aryl methyl sites for hydroxylation is 3. The Morgan fingerprint density at radius 3 is 2.73 bits per heavy atom. The highest BCUT2D eigenvalue weighted by Crippen LogP contribution is 2.27. The topological polar surface area (TPSA) is 71.1 Å². The van der Waals surface area contributed by atoms with E-state index < -0.39 is 0 Å². The van der Waals surface area contributed by atoms with Crippen LogP contribution in [0.4, 0.5) is 10.8 Å². The number of nitrogens with zero attached hydrogens (tertiary/aromatic N) is 1. The zero-order valence-electron chi connectivity index (χ0n) is 14.2. The zero-order chi connectivity index (χ0) is 18.1. The molecule has 5 nitrogen and oxygen atoms in total. The number of benzene rings is 1. The number of amides is 2. The van der Waals surface area contributed by atoms with Crippen molar-refractivity contribution >= 4 is 45.3 Å². The van der Waals surface area contributed by atoms with Crippen molar-refractivity contribution in [2.45, 2.75) is 26.2 Å². The molecule has 26 heavy (non-hydrogen) atoms. The second-order valence-electron chi connectivity index (χ2n) is 6.16. The average molecular weight is 383 g/mol. The van der Waals surface area contributed by atoms with Gasteiger partial charge in [-0.25, -0.2) is 4.98 Å². The van der Waals surface area contributed by atoms with Crippen molar-refractivity contribution in [3.63, 3.8) is 0 Å². The number of carbonyl (C=O) groups is 2. The molecule has 0 radical (unpaired) electrons. The van der Waals surface area contributed by atoms with Gasteiger partial charge in [-0.3, -0.25) is 14.9 Å². The molecule has 0 unspecified atom stereocenters. The molecule has 1 aromatic carbocycles. The normalized spacial score (nSPS) is 12.7. The van der Waals surface area contributed by atoms with Gasteiger partial charge in [0, 0.05) is 5.69 Å². The van der Waals surface area contributed by atoms with Crippen molar-refractivity contribution < 1.29 is 9.59 Å². The lowest BCUT2D eigenvalue weighted by Crippen LogP contribution is -2.11. The number of rotatable bonds is 4. The summed E-state index contributed by atoms with van der Waals surface area (Å²) in [6, 6.07) is 9.65. The lowest BCUT2D eigenvalue weighted by molar-refractivity contribution is 0.102. The lowest BCUT2D eigenvalue weighted by atomic mass is 10.1. The second-order valence-corrected chi connectivity index (χ2v) is 8.10. The number of fused-ring (bicyclic) bond motifs is 1. The summed E-state index contributed by atoms with van der Waals surface area (Å²) in [6.07, 6.45) is 3.36. The highest BCUT2D eigenvalue weighted by atomic mass is 32.1. The van der Waals surface area contributed by atoms with E-state index in [4.69, 9.17) is 0 Å². The van der Waals surface area contributed by atoms with Crippen LogP contribution in [-0.4, -0.2) is 16.8 Å². The van der Waals surface area contributed by atoms with E-state index in [0.717, 1.165) is 18.5 Å². The van der Waals surface area contributed by atoms with Gasteiger partial charge in [-0.1, -0.05) is 23.5 Å². The van der Waals surface area contributed by atoms with Crippen LogP contribution >= 0.6 is 22.7 Å². The summed E-state index contributed by atoms with van der Waals surface area (Å²) in [6.45, 7) is 1.77. The van der Waals surface area contributed by atoms with Crippen LogP contribution in [0, 0.1) is 6.92 Å². The Hall–Kier alpha value is -2.51. The molecule has 0 spiro atoms. The SMILES string of the molecule is Cc1nc(NC(=O)c2cccs2)sc1C(=O)Nc1ccc2c(c1)CCC2. The molecule has 2 heterocycles. The maximum Gasteiger partial charge on any atom is 0.267 e. The van der Waals surface area contributed by atoms with Gasteiger partial charge < -0.3 is 5.32 Å². The fourth-order valence-electron chi connectivity index (χ4n) is 3.06. The molecule has 132 valence electrons. The van der Waals surface area contributed by atoms with E-state index in [1.165, 1.54) is 40.2 Å². The van der Waals surface area contributed by atoms with Crippen molar-refractivity contribution in [1.82, 2.24) is 4.98 Å². The van der Waals surface area contributed by atoms with Crippen LogP contribution in [0.3, 0.4) is 0 Å². The predicted octanol–water partition coefficient (Wildman–Crippen LogP) is 4.51. The quantitative estimate of drug-likeness (QED) is 0.696. The summed E-state index contributed by atoms with van der Waals surface area (Å²) in [5, 5.41) is 7.98. The molecule has 0 bridgehead atoms. The summed E-state index contributed by atoms with van der Waals surface area (Å²) >= 11 is 2.55. The summed E-state index contributed by atoms with van der Waals surface area (Å²) in [5.41, 5.74) is 4.09. The molecule has 1 aliphatic rings. The third kappa shape index (κ3) is 3.40. The Balaban J connectivity index is 1.48. The molecule has 0 fully saturated rings. The third-order valence-corrected chi connectivity index (χ3v) is 6.26. The molecular formula is C19H17N3O2S2. The van der Waals surface area contributed by atoms with E-state index in [1.807, 2.05) is 17.5 Å². The number of nitrogens with one attached hydrogen (secondary N) is 2. The van der Waals surface area contributed by atoms with Crippen LogP contribution in [0.5, 0.6) is 0 Å². The predicted molar refractivity (Wildman–Crippen MR) is 106 cm³/mol. The van der Waals surface area contributed by atoms with Crippen LogP contribution in [0.25, 0.3) is 0 Å². The molecule has 7 heteroatoms. The maximum absolute atomic E-state index is 12.6. The molecule has 0 atom stereocenters. The van der Waals surface area contributed by atoms with E-state index in [9.17, 15) is 9.59 Å². The molecule has 1 aliphatic carbocycles. The third-order valence-electron chi connectivity index (χ3n) is 4.32. The standard InChI is InChI=1S/C19H17N3O2S2/c1-11-16(26-19(20-11)22-17(23)15-6-3-9-25-15)18(24)21-14-8-7-12-4-2-5-13(12)10-14/h3,6-10H,2,4-5H2,1H3,(H,21,24)(H,20,22,23). The van der Waals surface area contributed by atoms with Gasteiger partial charge in [0.25, 0.3) is 11.8 Å². The molecule has 2 aromatic heterocycles. The molecule has 0 saturated carbocycles. The molecule has 0 saturated heterocycles. The fraction of sp³-hybridized carbons (Fsp3) is 0.211. The van der Waals surface area contributed by atoms with Gasteiger partial charge in [-0.2, -0.15) is 0 Å². The van der Waals surface area contributed by atoms with Crippen molar-refractivity contribution in [2.24, 2.45) is 0 Å². The Morgan fingerprint density at radius 2 is 1.92 bits per heavy atom. The van der Waals surface area contributed by atoms with Crippen molar-refractivity contribution in [3.8, 4) is 0 Å². The van der Waals surface area contributed by atoms with E-state index in [-0.39, 0.29) is 11.8 Å². The van der Waals surface area contributed by atoms with Crippen molar-refractivity contribution in [2.75, 3.05) is 10.6 Å². The molecule has 4 rings (SSSR count). The molecule has 2 N–H and O–H groups in total. The monoisotopic (exact) mass is 383 g/mol. The van der Waals surface area contributed by atoms with E-state index in [2.05, 4.69) is 27.8 Å². The van der Waals surface area contributed by atoms with E-state index in [0.29, 0.717) is 20.6 Å². The average Bonchev–Trinajstić information content (AvgIpc) is 3.34. The number of aromatic nitrogens is 1. The van der Waals surface area contributed by atoms with Crippen molar-refractivity contribution in [3.05, 3.63) is 62.3 Å². The number of anilines is 2. The van der Waals surface area contributed by atoms with Crippen LogP contribution in [-0.2, 0) is 12.8 Å². The Labute approximate surface area is 159 Å². The van der Waals surface area contributed by atoms with Gasteiger partial charge in [0.2, 0.25) is 0 Å². The number of thiazole rings is 1. The van der Waals surface area contributed by atoms with Gasteiger partial charge in [0.15, 0.2) is 5.13 Å². The highest BCUT2D eigenvalue weighted by molar-refractivity contribution is 7.18. The smallest absolute Gasteiger partial charge is 0.267 e. The van der Waals surface area contributed by atoms with Crippen LogP contribution < -0.4 is 10.6 Å². The largest absolute Gasteiger partial charge is 0.321 e. The first-order chi connectivity index (χ1) is 12.6. The van der Waals surface area contributed by atoms with Gasteiger partial charge in [-0.15, -0.1) is 11.3 Å². The Kier molecular flexibility index (Phi) is 4.57. The molecule has 3 aromatic rings.